The van der Waals surface area contributed by atoms with Gasteiger partial charge in [-0.15, -0.1) is 0 Å². The third-order valence-corrected chi connectivity index (χ3v) is 3.94. The Labute approximate surface area is 123 Å². The second-order valence-electron chi connectivity index (χ2n) is 5.53. The van der Waals surface area contributed by atoms with Crippen molar-refractivity contribution in [3.8, 4) is 0 Å². The zero-order valence-corrected chi connectivity index (χ0v) is 12.0. The number of rotatable bonds is 6. The number of fused-ring (bicyclic) bond motifs is 1. The molecule has 3 atom stereocenters. The maximum absolute atomic E-state index is 11.5. The smallest absolute Gasteiger partial charge is 0.332 e. The minimum Gasteiger partial charge on any atom is -0.479 e. The van der Waals surface area contributed by atoms with Gasteiger partial charge in [0, 0.05) is 32.1 Å². The number of ether oxygens (including phenoxy) is 1. The lowest BCUT2D eigenvalue weighted by Crippen LogP contribution is -2.51. The highest BCUT2D eigenvalue weighted by Gasteiger charge is 2.32. The fourth-order valence-corrected chi connectivity index (χ4v) is 2.72. The van der Waals surface area contributed by atoms with Gasteiger partial charge in [0.25, 0.3) is 0 Å². The summed E-state index contributed by atoms with van der Waals surface area (Å²) in [5, 5.41) is 22.8. The number of carbonyl (C=O) groups is 2. The molecule has 2 fully saturated rings. The van der Waals surface area contributed by atoms with Gasteiger partial charge in [-0.05, 0) is 19.4 Å². The highest BCUT2D eigenvalue weighted by Crippen LogP contribution is 2.22. The minimum atomic E-state index is -1.45. The van der Waals surface area contributed by atoms with Crippen molar-refractivity contribution in [2.24, 2.45) is 0 Å². The van der Waals surface area contributed by atoms with Crippen LogP contribution >= 0.6 is 0 Å². The topological polar surface area (TPSA) is 111 Å². The quantitative estimate of drug-likeness (QED) is 0.500. The maximum Gasteiger partial charge on any atom is 0.332 e. The molecule has 0 spiro atoms. The van der Waals surface area contributed by atoms with Crippen molar-refractivity contribution < 1.29 is 24.5 Å². The average molecular weight is 301 g/mol. The summed E-state index contributed by atoms with van der Waals surface area (Å²) in [6.45, 7) is 3.20. The number of hydrogen-bond donors (Lipinski definition) is 4. The number of carbonyl (C=O) groups excluding carboxylic acids is 1. The van der Waals surface area contributed by atoms with Crippen LogP contribution in [0.15, 0.2) is 0 Å². The van der Waals surface area contributed by atoms with Gasteiger partial charge in [-0.2, -0.15) is 0 Å². The van der Waals surface area contributed by atoms with E-state index in [1.165, 1.54) is 12.8 Å². The largest absolute Gasteiger partial charge is 0.479 e. The van der Waals surface area contributed by atoms with Crippen molar-refractivity contribution in [3.63, 3.8) is 0 Å². The van der Waals surface area contributed by atoms with Gasteiger partial charge < -0.3 is 25.6 Å². The van der Waals surface area contributed by atoms with E-state index in [-0.39, 0.29) is 25.1 Å². The molecule has 21 heavy (non-hydrogen) atoms. The maximum atomic E-state index is 11.5. The van der Waals surface area contributed by atoms with E-state index in [4.69, 9.17) is 14.9 Å². The molecule has 8 nitrogen and oxygen atoms in total. The molecule has 0 radical (unpaired) electrons. The summed E-state index contributed by atoms with van der Waals surface area (Å²) in [6.07, 6.45) is 0.930. The number of carboxylic acid groups (broad SMARTS) is 1. The Hall–Kier alpha value is -1.38. The molecular weight excluding hydrogens is 278 g/mol. The lowest BCUT2D eigenvalue weighted by molar-refractivity contribution is -0.146. The number of urea groups is 1. The van der Waals surface area contributed by atoms with E-state index in [1.807, 2.05) is 0 Å². The van der Waals surface area contributed by atoms with Gasteiger partial charge in [0.05, 0.1) is 12.7 Å². The van der Waals surface area contributed by atoms with Crippen LogP contribution in [0.2, 0.25) is 0 Å². The van der Waals surface area contributed by atoms with Crippen molar-refractivity contribution in [2.45, 2.75) is 37.5 Å². The molecule has 2 amide bonds. The molecule has 2 unspecified atom stereocenters. The predicted molar refractivity (Wildman–Crippen MR) is 74.0 cm³/mol. The van der Waals surface area contributed by atoms with Crippen LogP contribution < -0.4 is 10.6 Å². The first-order chi connectivity index (χ1) is 10.1. The summed E-state index contributed by atoms with van der Waals surface area (Å²) in [4.78, 5) is 24.3. The Morgan fingerprint density at radius 1 is 1.38 bits per heavy atom. The summed E-state index contributed by atoms with van der Waals surface area (Å²) in [7, 11) is 0. The highest BCUT2D eigenvalue weighted by atomic mass is 16.5. The lowest BCUT2D eigenvalue weighted by Gasteiger charge is -2.35. The summed E-state index contributed by atoms with van der Waals surface area (Å²) >= 11 is 0. The van der Waals surface area contributed by atoms with Crippen LogP contribution in [0.25, 0.3) is 0 Å². The molecule has 2 aliphatic heterocycles. The third-order valence-electron chi connectivity index (χ3n) is 3.94. The van der Waals surface area contributed by atoms with Crippen LogP contribution in [0.4, 0.5) is 4.79 Å². The van der Waals surface area contributed by atoms with Crippen LogP contribution in [0, 0.1) is 0 Å². The van der Waals surface area contributed by atoms with Crippen LogP contribution in [0.1, 0.15) is 19.3 Å². The molecule has 2 aliphatic rings. The molecule has 0 aromatic heterocycles. The summed E-state index contributed by atoms with van der Waals surface area (Å²) in [6, 6.07) is 0.160. The second kappa shape index (κ2) is 7.58. The number of aliphatic hydroxyl groups excluding tert-OH is 1. The molecule has 0 aliphatic carbocycles. The lowest BCUT2D eigenvalue weighted by atomic mass is 10.2. The van der Waals surface area contributed by atoms with E-state index in [1.54, 1.807) is 0 Å². The molecule has 2 heterocycles. The predicted octanol–water partition coefficient (Wildman–Crippen LogP) is -1.02. The van der Waals surface area contributed by atoms with Gasteiger partial charge >= 0.3 is 12.0 Å². The number of aliphatic hydroxyl groups is 1. The Morgan fingerprint density at radius 3 is 2.95 bits per heavy atom. The van der Waals surface area contributed by atoms with Gasteiger partial charge in [-0.25, -0.2) is 9.59 Å². The Bertz CT molecular complexity index is 379. The number of aliphatic carboxylic acids is 1. The summed E-state index contributed by atoms with van der Waals surface area (Å²) in [5.74, 6) is -1.28. The van der Waals surface area contributed by atoms with Gasteiger partial charge in [-0.1, -0.05) is 0 Å². The molecule has 0 aromatic rings. The standard InChI is InChI=1S/C13H23N3O5/c17-11(12(18)19)3-4-14-13(20)15-6-10-7-16-5-1-2-9(16)8-21-10/h9-11,17H,1-8H2,(H,18,19)(H2,14,15,20)/t9?,10?,11-/m0/s1. The van der Waals surface area contributed by atoms with Crippen LogP contribution in [-0.2, 0) is 9.53 Å². The van der Waals surface area contributed by atoms with Crippen LogP contribution in [-0.4, -0.2) is 78.1 Å². The van der Waals surface area contributed by atoms with E-state index in [0.717, 1.165) is 19.7 Å². The van der Waals surface area contributed by atoms with Gasteiger partial charge in [0.15, 0.2) is 6.10 Å². The normalized spacial score (nSPS) is 26.9. The molecular formula is C13H23N3O5. The van der Waals surface area contributed by atoms with Gasteiger partial charge in [0.1, 0.15) is 0 Å². The molecule has 4 N–H and O–H groups in total. The molecule has 2 rings (SSSR count). The number of morpholine rings is 1. The monoisotopic (exact) mass is 301 g/mol. The number of hydrogen-bond acceptors (Lipinski definition) is 5. The summed E-state index contributed by atoms with van der Waals surface area (Å²) < 4.78 is 5.71. The van der Waals surface area contributed by atoms with Gasteiger partial charge in [-0.3, -0.25) is 4.90 Å². The van der Waals surface area contributed by atoms with Gasteiger partial charge in [0.2, 0.25) is 0 Å². The molecule has 0 saturated carbocycles. The molecule has 2 saturated heterocycles. The van der Waals surface area contributed by atoms with E-state index in [0.29, 0.717) is 12.6 Å². The molecule has 0 bridgehead atoms. The number of amides is 2. The number of carboxylic acids is 1. The van der Waals surface area contributed by atoms with Crippen molar-refractivity contribution >= 4 is 12.0 Å². The first-order valence-electron chi connectivity index (χ1n) is 7.34. The number of nitrogens with one attached hydrogen (secondary N) is 2. The molecule has 0 aromatic carbocycles. The van der Waals surface area contributed by atoms with E-state index in [2.05, 4.69) is 15.5 Å². The Balaban J connectivity index is 1.57. The minimum absolute atomic E-state index is 0.00490. The van der Waals surface area contributed by atoms with Crippen molar-refractivity contribution in [3.05, 3.63) is 0 Å². The Morgan fingerprint density at radius 2 is 2.19 bits per heavy atom. The van der Waals surface area contributed by atoms with E-state index < -0.39 is 12.1 Å². The highest BCUT2D eigenvalue weighted by molar-refractivity contribution is 5.74. The van der Waals surface area contributed by atoms with E-state index >= 15 is 0 Å². The average Bonchev–Trinajstić information content (AvgIpc) is 2.92. The number of nitrogens with zero attached hydrogens (tertiary/aromatic N) is 1. The van der Waals surface area contributed by atoms with Crippen LogP contribution in [0.5, 0.6) is 0 Å². The molecule has 120 valence electrons. The van der Waals surface area contributed by atoms with Crippen molar-refractivity contribution in [1.82, 2.24) is 15.5 Å². The first kappa shape index (κ1) is 16.0. The first-order valence-corrected chi connectivity index (χ1v) is 7.34. The zero-order chi connectivity index (χ0) is 15.2. The van der Waals surface area contributed by atoms with E-state index in [9.17, 15) is 9.59 Å². The third kappa shape index (κ3) is 4.83. The van der Waals surface area contributed by atoms with Crippen molar-refractivity contribution in [1.29, 1.82) is 0 Å². The van der Waals surface area contributed by atoms with Crippen LogP contribution in [0.3, 0.4) is 0 Å². The second-order valence-corrected chi connectivity index (χ2v) is 5.53. The van der Waals surface area contributed by atoms with Crippen molar-refractivity contribution in [2.75, 3.05) is 32.8 Å². The SMILES string of the molecule is O=C(NCC[C@H](O)C(=O)O)NCC1CN2CCCC2CO1. The fraction of sp³-hybridized carbons (Fsp3) is 0.846. The fourth-order valence-electron chi connectivity index (χ4n) is 2.72. The Kier molecular flexibility index (Phi) is 5.77. The zero-order valence-electron chi connectivity index (χ0n) is 12.0. The summed E-state index contributed by atoms with van der Waals surface area (Å²) in [5.41, 5.74) is 0. The molecule has 8 heteroatoms.